The van der Waals surface area contributed by atoms with Gasteiger partial charge in [-0.1, -0.05) is 33.4 Å². The van der Waals surface area contributed by atoms with Crippen molar-refractivity contribution in [2.75, 3.05) is 6.61 Å². The van der Waals surface area contributed by atoms with Crippen LogP contribution in [0.4, 0.5) is 17.6 Å². The minimum Gasteiger partial charge on any atom is -0.461 e. The van der Waals surface area contributed by atoms with Gasteiger partial charge in [-0.15, -0.1) is 11.3 Å². The van der Waals surface area contributed by atoms with Gasteiger partial charge in [-0.2, -0.15) is 13.2 Å². The number of nitrogens with zero attached hydrogens (tertiary/aromatic N) is 1. The second-order valence-corrected chi connectivity index (χ2v) is 4.92. The topological polar surface area (TPSA) is 39.2 Å². The number of halogens is 4. The molecule has 0 atom stereocenters. The van der Waals surface area contributed by atoms with Gasteiger partial charge in [-0.25, -0.2) is 14.2 Å². The van der Waals surface area contributed by atoms with Gasteiger partial charge in [0.2, 0.25) is 0 Å². The number of benzene rings is 1. The molecule has 1 aromatic carbocycles. The molecule has 1 aromatic heterocycles. The van der Waals surface area contributed by atoms with Crippen LogP contribution < -0.4 is 0 Å². The van der Waals surface area contributed by atoms with E-state index in [0.29, 0.717) is 11.3 Å². The van der Waals surface area contributed by atoms with Gasteiger partial charge in [0, 0.05) is 0 Å². The number of hydrogen-bond donors (Lipinski definition) is 0. The van der Waals surface area contributed by atoms with Crippen molar-refractivity contribution >= 4 is 17.3 Å². The average Bonchev–Trinajstić information content (AvgIpc) is 2.96. The minimum absolute atomic E-state index is 0. The molecule has 1 heterocycles. The Morgan fingerprint density at radius 2 is 1.75 bits per heavy atom. The largest absolute Gasteiger partial charge is 0.461 e. The molecular weight excluding hydrogens is 346 g/mol. The Morgan fingerprint density at radius 3 is 2.21 bits per heavy atom. The summed E-state index contributed by atoms with van der Waals surface area (Å²) in [6.45, 7) is 5.55. The van der Waals surface area contributed by atoms with Crippen LogP contribution in [0.2, 0.25) is 0 Å². The fourth-order valence-electron chi connectivity index (χ4n) is 1.58. The third-order valence-electron chi connectivity index (χ3n) is 2.44. The second-order valence-electron chi connectivity index (χ2n) is 3.92. The number of rotatable bonds is 3. The van der Waals surface area contributed by atoms with Crippen molar-refractivity contribution < 1.29 is 27.1 Å². The van der Waals surface area contributed by atoms with E-state index < -0.39 is 28.7 Å². The van der Waals surface area contributed by atoms with Crippen molar-refractivity contribution in [3.63, 3.8) is 0 Å². The summed E-state index contributed by atoms with van der Waals surface area (Å²) in [6.07, 6.45) is -4.66. The predicted octanol–water partition coefficient (Wildman–Crippen LogP) is 5.81. The molecule has 0 fully saturated rings. The first-order chi connectivity index (χ1) is 10.8. The molecule has 0 saturated heterocycles. The van der Waals surface area contributed by atoms with Crippen molar-refractivity contribution in [2.24, 2.45) is 0 Å². The molecule has 0 aliphatic heterocycles. The number of hydrogen-bond acceptors (Lipinski definition) is 4. The zero-order valence-corrected chi connectivity index (χ0v) is 13.5. The van der Waals surface area contributed by atoms with Gasteiger partial charge in [0.25, 0.3) is 0 Å². The molecule has 0 unspecified atom stereocenters. The summed E-state index contributed by atoms with van der Waals surface area (Å²) in [4.78, 5) is 15.1. The molecule has 0 radical (unpaired) electrons. The Hall–Kier alpha value is -1.96. The zero-order chi connectivity index (χ0) is 17.6. The number of alkyl halides is 3. The van der Waals surface area contributed by atoms with Crippen LogP contribution in [0.1, 0.15) is 43.7 Å². The molecule has 134 valence electrons. The van der Waals surface area contributed by atoms with Gasteiger partial charge in [-0.3, -0.25) is 0 Å². The highest BCUT2D eigenvalue weighted by atomic mass is 32.1. The number of esters is 1. The van der Waals surface area contributed by atoms with E-state index in [0.717, 1.165) is 12.1 Å². The van der Waals surface area contributed by atoms with Crippen molar-refractivity contribution in [1.82, 2.24) is 4.98 Å². The molecular formula is C16H19F4NO2S. The number of aromatic nitrogens is 1. The third kappa shape index (κ3) is 5.30. The van der Waals surface area contributed by atoms with E-state index in [1.54, 1.807) is 0 Å². The lowest BCUT2D eigenvalue weighted by Gasteiger charge is -2.02. The maximum absolute atomic E-state index is 12.9. The van der Waals surface area contributed by atoms with E-state index in [1.807, 2.05) is 13.8 Å². The summed E-state index contributed by atoms with van der Waals surface area (Å²) < 4.78 is 55.8. The van der Waals surface area contributed by atoms with Crippen LogP contribution in [0.3, 0.4) is 0 Å². The highest BCUT2D eigenvalue weighted by Crippen LogP contribution is 2.39. The predicted molar refractivity (Wildman–Crippen MR) is 86.5 cm³/mol. The normalized spacial score (nSPS) is 10.3. The van der Waals surface area contributed by atoms with Gasteiger partial charge >= 0.3 is 12.1 Å². The maximum Gasteiger partial charge on any atom is 0.443 e. The number of ether oxygens (including phenoxy) is 1. The highest BCUT2D eigenvalue weighted by Gasteiger charge is 2.37. The van der Waals surface area contributed by atoms with E-state index in [2.05, 4.69) is 4.98 Å². The molecule has 2 aromatic rings. The number of carbonyl (C=O) groups excluding carboxylic acids is 1. The summed E-state index contributed by atoms with van der Waals surface area (Å²) in [7, 11) is 0. The maximum atomic E-state index is 12.9. The fraction of sp³-hybridized carbons (Fsp3) is 0.375. The molecule has 0 saturated carbocycles. The van der Waals surface area contributed by atoms with Crippen molar-refractivity contribution in [3.8, 4) is 10.4 Å². The monoisotopic (exact) mass is 365 g/mol. The zero-order valence-electron chi connectivity index (χ0n) is 12.7. The lowest BCUT2D eigenvalue weighted by atomic mass is 10.1. The Bertz CT molecular complexity index is 651. The summed E-state index contributed by atoms with van der Waals surface area (Å²) in [5, 5.41) is -1.15. The molecule has 0 spiro atoms. The standard InChI is InChI=1S/C13H9F4NO2S.C2H6.CH4/c1-2-20-11(19)9-10(7-3-5-8(14)6-4-7)21-12(18-9)13(15,16)17;1-2;/h3-6H,2H2,1H3;1-2H3;1H4. The Labute approximate surface area is 142 Å². The van der Waals surface area contributed by atoms with Crippen LogP contribution in [0.15, 0.2) is 24.3 Å². The van der Waals surface area contributed by atoms with Crippen LogP contribution in [-0.4, -0.2) is 17.6 Å². The first-order valence-electron chi connectivity index (χ1n) is 6.84. The Morgan fingerprint density at radius 1 is 1.21 bits per heavy atom. The van der Waals surface area contributed by atoms with Crippen molar-refractivity contribution in [2.45, 2.75) is 34.4 Å². The Kier molecular flexibility index (Phi) is 8.60. The molecule has 24 heavy (non-hydrogen) atoms. The van der Waals surface area contributed by atoms with E-state index in [1.165, 1.54) is 19.1 Å². The molecule has 2 rings (SSSR count). The number of carbonyl (C=O) groups is 1. The molecule has 0 aliphatic carbocycles. The van der Waals surface area contributed by atoms with Gasteiger partial charge in [0.15, 0.2) is 10.7 Å². The molecule has 3 nitrogen and oxygen atoms in total. The van der Waals surface area contributed by atoms with Crippen molar-refractivity contribution in [1.29, 1.82) is 0 Å². The Balaban J connectivity index is 0.00000170. The summed E-state index contributed by atoms with van der Waals surface area (Å²) in [6, 6.07) is 4.76. The summed E-state index contributed by atoms with van der Waals surface area (Å²) in [5.41, 5.74) is -0.145. The van der Waals surface area contributed by atoms with Crippen LogP contribution in [0.5, 0.6) is 0 Å². The van der Waals surface area contributed by atoms with Gasteiger partial charge < -0.3 is 4.74 Å². The van der Waals surface area contributed by atoms with E-state index in [9.17, 15) is 22.4 Å². The van der Waals surface area contributed by atoms with Crippen LogP contribution in [0, 0.1) is 5.82 Å². The molecule has 0 N–H and O–H groups in total. The first kappa shape index (κ1) is 22.0. The second kappa shape index (κ2) is 9.36. The average molecular weight is 365 g/mol. The van der Waals surface area contributed by atoms with Gasteiger partial charge in [-0.05, 0) is 24.6 Å². The van der Waals surface area contributed by atoms with E-state index >= 15 is 0 Å². The number of thiazole rings is 1. The van der Waals surface area contributed by atoms with E-state index in [-0.39, 0.29) is 24.5 Å². The molecule has 0 bridgehead atoms. The van der Waals surface area contributed by atoms with E-state index in [4.69, 9.17) is 4.74 Å². The molecule has 0 aliphatic rings. The molecule has 0 amide bonds. The fourth-order valence-corrected chi connectivity index (χ4v) is 2.50. The first-order valence-corrected chi connectivity index (χ1v) is 7.65. The SMILES string of the molecule is C.CC.CCOC(=O)c1nc(C(F)(F)F)sc1-c1ccc(F)cc1. The van der Waals surface area contributed by atoms with Gasteiger partial charge in [0.1, 0.15) is 5.82 Å². The lowest BCUT2D eigenvalue weighted by molar-refractivity contribution is -0.137. The van der Waals surface area contributed by atoms with Crippen LogP contribution in [0.25, 0.3) is 10.4 Å². The molecule has 8 heteroatoms. The minimum atomic E-state index is -4.66. The quantitative estimate of drug-likeness (QED) is 0.509. The van der Waals surface area contributed by atoms with Crippen molar-refractivity contribution in [3.05, 3.63) is 40.8 Å². The lowest BCUT2D eigenvalue weighted by Crippen LogP contribution is -2.09. The van der Waals surface area contributed by atoms with Crippen LogP contribution in [-0.2, 0) is 10.9 Å². The van der Waals surface area contributed by atoms with Crippen LogP contribution >= 0.6 is 11.3 Å². The third-order valence-corrected chi connectivity index (χ3v) is 3.59. The van der Waals surface area contributed by atoms with Gasteiger partial charge in [0.05, 0.1) is 11.5 Å². The highest BCUT2D eigenvalue weighted by molar-refractivity contribution is 7.15. The summed E-state index contributed by atoms with van der Waals surface area (Å²) in [5.74, 6) is -1.47. The summed E-state index contributed by atoms with van der Waals surface area (Å²) >= 11 is 0.320. The smallest absolute Gasteiger partial charge is 0.443 e.